The van der Waals surface area contributed by atoms with Crippen LogP contribution in [0.5, 0.6) is 11.5 Å². The summed E-state index contributed by atoms with van der Waals surface area (Å²) in [6.45, 7) is 5.48. The second-order valence-electron chi connectivity index (χ2n) is 6.20. The largest absolute Gasteiger partial charge is 0.494 e. The predicted molar refractivity (Wildman–Crippen MR) is 108 cm³/mol. The fourth-order valence-corrected chi connectivity index (χ4v) is 3.39. The van der Waals surface area contributed by atoms with Crippen LogP contribution in [0.25, 0.3) is 11.3 Å². The molecule has 0 atom stereocenters. The minimum absolute atomic E-state index is 0.603. The molecule has 0 saturated heterocycles. The van der Waals surface area contributed by atoms with Gasteiger partial charge in [0.05, 0.1) is 18.9 Å². The Morgan fingerprint density at radius 3 is 2.23 bits per heavy atom. The average Bonchev–Trinajstić information content (AvgIpc) is 2.97. The second-order valence-corrected chi connectivity index (χ2v) is 7.44. The number of aryl methyl sites for hydroxylation is 2. The molecule has 2 N–H and O–H groups in total. The van der Waals surface area contributed by atoms with Crippen molar-refractivity contribution < 1.29 is 9.47 Å². The van der Waals surface area contributed by atoms with Crippen LogP contribution < -0.4 is 15.2 Å². The van der Waals surface area contributed by atoms with Crippen molar-refractivity contribution in [2.75, 3.05) is 18.9 Å². The molecule has 0 bridgehead atoms. The Kier molecular flexibility index (Phi) is 6.12. The Bertz CT molecular complexity index is 843. The normalized spacial score (nSPS) is 10.7. The van der Waals surface area contributed by atoms with Crippen LogP contribution >= 0.6 is 11.3 Å². The number of rotatable bonds is 8. The van der Waals surface area contributed by atoms with E-state index in [1.165, 1.54) is 16.9 Å². The summed E-state index contributed by atoms with van der Waals surface area (Å²) in [5.41, 5.74) is 9.00. The maximum absolute atomic E-state index is 5.81. The highest BCUT2D eigenvalue weighted by Gasteiger charge is 2.08. The van der Waals surface area contributed by atoms with Gasteiger partial charge in [0.15, 0.2) is 5.13 Å². The number of hydrogen-bond donors (Lipinski definition) is 1. The molecule has 3 aromatic rings. The van der Waals surface area contributed by atoms with Crippen LogP contribution in [0.15, 0.2) is 48.5 Å². The standard InChI is InChI=1S/C21H24N2O2S/c1-15-6-5-7-19(14-15)25-13-4-3-12-24-18-10-8-17(9-11-18)20-16(2)26-21(22)23-20/h5-11,14H,3-4,12-13H2,1-2H3,(H2,22,23). The van der Waals surface area contributed by atoms with Gasteiger partial charge in [-0.3, -0.25) is 0 Å². The van der Waals surface area contributed by atoms with E-state index in [0.29, 0.717) is 18.3 Å². The minimum atomic E-state index is 0.603. The monoisotopic (exact) mass is 368 g/mol. The average molecular weight is 369 g/mol. The van der Waals surface area contributed by atoms with Crippen LogP contribution in [-0.2, 0) is 0 Å². The summed E-state index contributed by atoms with van der Waals surface area (Å²) in [4.78, 5) is 5.51. The summed E-state index contributed by atoms with van der Waals surface area (Å²) in [5, 5.41) is 0.603. The third kappa shape index (κ3) is 4.99. The lowest BCUT2D eigenvalue weighted by molar-refractivity contribution is 0.266. The van der Waals surface area contributed by atoms with E-state index in [1.54, 1.807) is 0 Å². The zero-order valence-electron chi connectivity index (χ0n) is 15.2. The fourth-order valence-electron chi connectivity index (χ4n) is 2.68. The Hall–Kier alpha value is -2.53. The highest BCUT2D eigenvalue weighted by Crippen LogP contribution is 2.29. The van der Waals surface area contributed by atoms with Crippen molar-refractivity contribution in [2.24, 2.45) is 0 Å². The van der Waals surface area contributed by atoms with Crippen molar-refractivity contribution in [1.29, 1.82) is 0 Å². The quantitative estimate of drug-likeness (QED) is 0.552. The van der Waals surface area contributed by atoms with E-state index in [4.69, 9.17) is 15.2 Å². The third-order valence-electron chi connectivity index (χ3n) is 4.01. The molecule has 1 heterocycles. The van der Waals surface area contributed by atoms with E-state index in [1.807, 2.05) is 43.3 Å². The summed E-state index contributed by atoms with van der Waals surface area (Å²) in [6, 6.07) is 16.1. The van der Waals surface area contributed by atoms with E-state index < -0.39 is 0 Å². The van der Waals surface area contributed by atoms with Crippen LogP contribution in [0.3, 0.4) is 0 Å². The smallest absolute Gasteiger partial charge is 0.180 e. The number of aromatic nitrogens is 1. The number of unbranched alkanes of at least 4 members (excludes halogenated alkanes) is 1. The number of ether oxygens (including phenoxy) is 2. The third-order valence-corrected chi connectivity index (χ3v) is 4.81. The van der Waals surface area contributed by atoms with E-state index in [0.717, 1.165) is 40.5 Å². The highest BCUT2D eigenvalue weighted by atomic mass is 32.1. The predicted octanol–water partition coefficient (Wildman–Crippen LogP) is 5.25. The van der Waals surface area contributed by atoms with Gasteiger partial charge in [-0.2, -0.15) is 0 Å². The SMILES string of the molecule is Cc1cccc(OCCCCOc2ccc(-c3nc(N)sc3C)cc2)c1. The molecule has 0 aliphatic carbocycles. The molecule has 2 aromatic carbocycles. The summed E-state index contributed by atoms with van der Waals surface area (Å²) in [5.74, 6) is 1.80. The molecule has 0 fully saturated rings. The molecule has 3 rings (SSSR count). The molecular weight excluding hydrogens is 344 g/mol. The van der Waals surface area contributed by atoms with E-state index in [2.05, 4.69) is 24.0 Å². The number of nitrogens with two attached hydrogens (primary N) is 1. The fraction of sp³-hybridized carbons (Fsp3) is 0.286. The van der Waals surface area contributed by atoms with Crippen LogP contribution in [0, 0.1) is 13.8 Å². The highest BCUT2D eigenvalue weighted by molar-refractivity contribution is 7.15. The van der Waals surface area contributed by atoms with Gasteiger partial charge in [0.1, 0.15) is 11.5 Å². The lowest BCUT2D eigenvalue weighted by atomic mass is 10.1. The Labute approximate surface area is 158 Å². The number of anilines is 1. The maximum atomic E-state index is 5.81. The van der Waals surface area contributed by atoms with Crippen molar-refractivity contribution in [3.05, 3.63) is 59.0 Å². The van der Waals surface area contributed by atoms with Crippen LogP contribution in [0.4, 0.5) is 5.13 Å². The first-order chi connectivity index (χ1) is 12.6. The summed E-state index contributed by atoms with van der Waals surface area (Å²) < 4.78 is 11.6. The number of thiazole rings is 1. The lowest BCUT2D eigenvalue weighted by Gasteiger charge is -2.08. The number of nitrogen functional groups attached to an aromatic ring is 1. The second kappa shape index (κ2) is 8.72. The first kappa shape index (κ1) is 18.3. The number of benzene rings is 2. The molecule has 0 saturated carbocycles. The molecular formula is C21H24N2O2S. The van der Waals surface area contributed by atoms with Gasteiger partial charge in [-0.05, 0) is 68.7 Å². The van der Waals surface area contributed by atoms with Gasteiger partial charge >= 0.3 is 0 Å². The summed E-state index contributed by atoms with van der Waals surface area (Å²) in [6.07, 6.45) is 1.92. The van der Waals surface area contributed by atoms with Crippen molar-refractivity contribution in [2.45, 2.75) is 26.7 Å². The van der Waals surface area contributed by atoms with Crippen LogP contribution in [0.1, 0.15) is 23.3 Å². The van der Waals surface area contributed by atoms with Crippen LogP contribution in [-0.4, -0.2) is 18.2 Å². The lowest BCUT2D eigenvalue weighted by Crippen LogP contribution is -2.02. The van der Waals surface area contributed by atoms with Crippen molar-refractivity contribution >= 4 is 16.5 Å². The molecule has 26 heavy (non-hydrogen) atoms. The van der Waals surface area contributed by atoms with Crippen LogP contribution in [0.2, 0.25) is 0 Å². The van der Waals surface area contributed by atoms with Crippen molar-refractivity contribution in [1.82, 2.24) is 4.98 Å². The maximum Gasteiger partial charge on any atom is 0.180 e. The van der Waals surface area contributed by atoms with Crippen molar-refractivity contribution in [3.8, 4) is 22.8 Å². The molecule has 0 unspecified atom stereocenters. The van der Waals surface area contributed by atoms with Gasteiger partial charge in [0, 0.05) is 10.4 Å². The van der Waals surface area contributed by atoms with Gasteiger partial charge in [-0.15, -0.1) is 11.3 Å². The topological polar surface area (TPSA) is 57.4 Å². The molecule has 0 spiro atoms. The molecule has 1 aromatic heterocycles. The Morgan fingerprint density at radius 2 is 1.62 bits per heavy atom. The summed E-state index contributed by atoms with van der Waals surface area (Å²) >= 11 is 1.51. The molecule has 0 aliphatic rings. The number of hydrogen-bond acceptors (Lipinski definition) is 5. The molecule has 136 valence electrons. The van der Waals surface area contributed by atoms with E-state index in [9.17, 15) is 0 Å². The van der Waals surface area contributed by atoms with Gasteiger partial charge in [0.25, 0.3) is 0 Å². The van der Waals surface area contributed by atoms with Gasteiger partial charge in [0.2, 0.25) is 0 Å². The molecule has 0 amide bonds. The summed E-state index contributed by atoms with van der Waals surface area (Å²) in [7, 11) is 0. The molecule has 5 heteroatoms. The minimum Gasteiger partial charge on any atom is -0.494 e. The van der Waals surface area contributed by atoms with Crippen molar-refractivity contribution in [3.63, 3.8) is 0 Å². The molecule has 0 aliphatic heterocycles. The van der Waals surface area contributed by atoms with Gasteiger partial charge in [-0.1, -0.05) is 12.1 Å². The number of nitrogens with zero attached hydrogens (tertiary/aromatic N) is 1. The Morgan fingerprint density at radius 1 is 0.923 bits per heavy atom. The molecule has 0 radical (unpaired) electrons. The van der Waals surface area contributed by atoms with Gasteiger partial charge in [-0.25, -0.2) is 4.98 Å². The molecule has 4 nitrogen and oxygen atoms in total. The first-order valence-corrected chi connectivity index (χ1v) is 9.59. The Balaban J connectivity index is 1.39. The zero-order chi connectivity index (χ0) is 18.4. The first-order valence-electron chi connectivity index (χ1n) is 8.77. The van der Waals surface area contributed by atoms with Gasteiger partial charge < -0.3 is 15.2 Å². The van der Waals surface area contributed by atoms with E-state index in [-0.39, 0.29) is 0 Å². The zero-order valence-corrected chi connectivity index (χ0v) is 16.0. The van der Waals surface area contributed by atoms with E-state index >= 15 is 0 Å².